The Bertz CT molecular complexity index is 468. The van der Waals surface area contributed by atoms with Gasteiger partial charge in [0.25, 0.3) is 5.91 Å². The Morgan fingerprint density at radius 2 is 1.95 bits per heavy atom. The number of carbonyl (C=O) groups is 2. The molecule has 0 saturated carbocycles. The summed E-state index contributed by atoms with van der Waals surface area (Å²) in [6, 6.07) is 8.53. The molecule has 0 aliphatic carbocycles. The van der Waals surface area contributed by atoms with Crippen molar-refractivity contribution >= 4 is 11.9 Å². The summed E-state index contributed by atoms with van der Waals surface area (Å²) >= 11 is 0. The highest BCUT2D eigenvalue weighted by atomic mass is 16.4. The quantitative estimate of drug-likeness (QED) is 0.773. The van der Waals surface area contributed by atoms with Crippen LogP contribution < -0.4 is 5.32 Å². The van der Waals surface area contributed by atoms with E-state index in [4.69, 9.17) is 0 Å². The second-order valence-electron chi connectivity index (χ2n) is 4.90. The first kappa shape index (κ1) is 15.0. The van der Waals surface area contributed by atoms with Gasteiger partial charge in [0.05, 0.1) is 0 Å². The van der Waals surface area contributed by atoms with Gasteiger partial charge in [-0.15, -0.1) is 6.58 Å². The number of carboxylic acid groups (broad SMARTS) is 1. The summed E-state index contributed by atoms with van der Waals surface area (Å²) in [7, 11) is 0. The number of amides is 1. The molecule has 0 aromatic heterocycles. The second kappa shape index (κ2) is 6.18. The number of aliphatic carboxylic acids is 1. The monoisotopic (exact) mass is 261 g/mol. The lowest BCUT2D eigenvalue weighted by molar-refractivity contribution is -0.143. The van der Waals surface area contributed by atoms with Crippen LogP contribution >= 0.6 is 0 Å². The van der Waals surface area contributed by atoms with E-state index < -0.39 is 17.4 Å². The molecular formula is C15H19NO3. The molecule has 1 amide bonds. The van der Waals surface area contributed by atoms with Crippen molar-refractivity contribution in [3.63, 3.8) is 0 Å². The number of rotatable bonds is 6. The average molecular weight is 261 g/mol. The minimum Gasteiger partial charge on any atom is -0.479 e. The van der Waals surface area contributed by atoms with E-state index in [1.54, 1.807) is 30.3 Å². The maximum absolute atomic E-state index is 12.1. The fourth-order valence-corrected chi connectivity index (χ4v) is 1.92. The summed E-state index contributed by atoms with van der Waals surface area (Å²) < 4.78 is 0. The van der Waals surface area contributed by atoms with Crippen LogP contribution in [0.4, 0.5) is 0 Å². The van der Waals surface area contributed by atoms with Crippen molar-refractivity contribution in [1.29, 1.82) is 0 Å². The summed E-state index contributed by atoms with van der Waals surface area (Å²) in [5.41, 5.74) is -1.00. The van der Waals surface area contributed by atoms with Crippen LogP contribution in [0.2, 0.25) is 0 Å². The predicted molar refractivity (Wildman–Crippen MR) is 73.9 cm³/mol. The van der Waals surface area contributed by atoms with Gasteiger partial charge in [-0.1, -0.05) is 38.1 Å². The van der Waals surface area contributed by atoms with E-state index in [0.717, 1.165) is 0 Å². The summed E-state index contributed by atoms with van der Waals surface area (Å²) in [6.45, 7) is 7.36. The van der Waals surface area contributed by atoms with Gasteiger partial charge in [-0.05, 0) is 24.5 Å². The molecule has 0 fully saturated rings. The molecule has 2 N–H and O–H groups in total. The molecule has 0 aliphatic heterocycles. The lowest BCUT2D eigenvalue weighted by Crippen LogP contribution is -2.53. The van der Waals surface area contributed by atoms with Gasteiger partial charge in [0.2, 0.25) is 0 Å². The first-order valence-electron chi connectivity index (χ1n) is 6.16. The maximum atomic E-state index is 12.1. The van der Waals surface area contributed by atoms with Crippen LogP contribution in [0.1, 0.15) is 30.6 Å². The van der Waals surface area contributed by atoms with Crippen LogP contribution in [0, 0.1) is 5.92 Å². The van der Waals surface area contributed by atoms with Crippen LogP contribution in [-0.2, 0) is 4.79 Å². The topological polar surface area (TPSA) is 66.4 Å². The van der Waals surface area contributed by atoms with E-state index in [1.807, 2.05) is 13.8 Å². The predicted octanol–water partition coefficient (Wildman–Crippen LogP) is 2.47. The molecule has 4 nitrogen and oxygen atoms in total. The fraction of sp³-hybridized carbons (Fsp3) is 0.333. The van der Waals surface area contributed by atoms with Crippen molar-refractivity contribution in [3.8, 4) is 0 Å². The largest absolute Gasteiger partial charge is 0.479 e. The van der Waals surface area contributed by atoms with Gasteiger partial charge in [0, 0.05) is 5.56 Å². The minimum atomic E-state index is -1.43. The van der Waals surface area contributed by atoms with E-state index in [1.165, 1.54) is 6.08 Å². The Kier molecular flexibility index (Phi) is 4.87. The molecule has 0 heterocycles. The van der Waals surface area contributed by atoms with Crippen molar-refractivity contribution in [2.75, 3.05) is 0 Å². The van der Waals surface area contributed by atoms with Crippen molar-refractivity contribution in [2.45, 2.75) is 25.8 Å². The number of benzene rings is 1. The van der Waals surface area contributed by atoms with Gasteiger partial charge >= 0.3 is 5.97 Å². The van der Waals surface area contributed by atoms with E-state index >= 15 is 0 Å². The molecule has 19 heavy (non-hydrogen) atoms. The minimum absolute atomic E-state index is 0.116. The first-order chi connectivity index (χ1) is 8.91. The maximum Gasteiger partial charge on any atom is 0.333 e. The zero-order valence-corrected chi connectivity index (χ0v) is 11.2. The lowest BCUT2D eigenvalue weighted by Gasteiger charge is -2.28. The third-order valence-electron chi connectivity index (χ3n) is 2.83. The van der Waals surface area contributed by atoms with Crippen molar-refractivity contribution in [1.82, 2.24) is 5.32 Å². The SMILES string of the molecule is C=C[C@@](CC(C)C)(NC(=O)c1ccccc1)C(=O)O. The number of carboxylic acids is 1. The Morgan fingerprint density at radius 1 is 1.37 bits per heavy atom. The smallest absolute Gasteiger partial charge is 0.333 e. The highest BCUT2D eigenvalue weighted by molar-refractivity contribution is 5.98. The summed E-state index contributed by atoms with van der Waals surface area (Å²) in [6.07, 6.45) is 1.58. The highest BCUT2D eigenvalue weighted by Gasteiger charge is 2.37. The van der Waals surface area contributed by atoms with Crippen molar-refractivity contribution in [2.24, 2.45) is 5.92 Å². The van der Waals surface area contributed by atoms with Gasteiger partial charge in [-0.25, -0.2) is 4.79 Å². The Hall–Kier alpha value is -2.10. The third kappa shape index (κ3) is 3.68. The average Bonchev–Trinajstić information content (AvgIpc) is 2.38. The molecular weight excluding hydrogens is 242 g/mol. The summed E-state index contributed by atoms with van der Waals surface area (Å²) in [5, 5.41) is 12.0. The number of nitrogens with one attached hydrogen (secondary N) is 1. The molecule has 1 aromatic rings. The van der Waals surface area contributed by atoms with E-state index in [9.17, 15) is 14.7 Å². The van der Waals surface area contributed by atoms with Gasteiger partial charge in [0.1, 0.15) is 0 Å². The van der Waals surface area contributed by atoms with E-state index in [0.29, 0.717) is 12.0 Å². The fourth-order valence-electron chi connectivity index (χ4n) is 1.92. The zero-order valence-electron chi connectivity index (χ0n) is 11.2. The van der Waals surface area contributed by atoms with E-state index in [2.05, 4.69) is 11.9 Å². The van der Waals surface area contributed by atoms with Crippen LogP contribution in [-0.4, -0.2) is 22.5 Å². The number of hydrogen-bond donors (Lipinski definition) is 2. The Balaban J connectivity index is 2.98. The molecule has 0 saturated heterocycles. The van der Waals surface area contributed by atoms with Gasteiger partial charge in [0.15, 0.2) is 5.54 Å². The highest BCUT2D eigenvalue weighted by Crippen LogP contribution is 2.19. The van der Waals surface area contributed by atoms with E-state index in [-0.39, 0.29) is 5.92 Å². The molecule has 0 spiro atoms. The van der Waals surface area contributed by atoms with Crippen molar-refractivity contribution in [3.05, 3.63) is 48.6 Å². The Labute approximate surface area is 113 Å². The van der Waals surface area contributed by atoms with Gasteiger partial charge in [-0.2, -0.15) is 0 Å². The zero-order chi connectivity index (χ0) is 14.5. The molecule has 102 valence electrons. The molecule has 0 bridgehead atoms. The molecule has 1 aromatic carbocycles. The van der Waals surface area contributed by atoms with Crippen LogP contribution in [0.25, 0.3) is 0 Å². The first-order valence-corrected chi connectivity index (χ1v) is 6.16. The third-order valence-corrected chi connectivity index (χ3v) is 2.83. The van der Waals surface area contributed by atoms with Gasteiger partial charge < -0.3 is 10.4 Å². The van der Waals surface area contributed by atoms with Crippen LogP contribution in [0.5, 0.6) is 0 Å². The molecule has 0 unspecified atom stereocenters. The molecule has 0 aliphatic rings. The van der Waals surface area contributed by atoms with Crippen molar-refractivity contribution < 1.29 is 14.7 Å². The Morgan fingerprint density at radius 3 is 2.37 bits per heavy atom. The molecule has 1 rings (SSSR count). The van der Waals surface area contributed by atoms with Crippen LogP contribution in [0.3, 0.4) is 0 Å². The number of hydrogen-bond acceptors (Lipinski definition) is 2. The lowest BCUT2D eigenvalue weighted by atomic mass is 9.88. The molecule has 1 atom stereocenters. The normalized spacial score (nSPS) is 13.6. The molecule has 0 radical (unpaired) electrons. The van der Waals surface area contributed by atoms with Gasteiger partial charge in [-0.3, -0.25) is 4.79 Å². The number of carbonyl (C=O) groups excluding carboxylic acids is 1. The van der Waals surface area contributed by atoms with Crippen LogP contribution in [0.15, 0.2) is 43.0 Å². The second-order valence-corrected chi connectivity index (χ2v) is 4.90. The summed E-state index contributed by atoms with van der Waals surface area (Å²) in [5.74, 6) is -1.39. The standard InChI is InChI=1S/C15H19NO3/c1-4-15(14(18)19,10-11(2)3)16-13(17)12-8-6-5-7-9-12/h4-9,11H,1,10H2,2-3H3,(H,16,17)(H,18,19)/t15-/m0/s1. The summed E-state index contributed by atoms with van der Waals surface area (Å²) in [4.78, 5) is 23.6. The molecule has 4 heteroatoms.